The third-order valence-corrected chi connectivity index (χ3v) is 5.18. The van der Waals surface area contributed by atoms with Crippen LogP contribution < -0.4 is 5.32 Å². The Hall–Kier alpha value is -1.17. The van der Waals surface area contributed by atoms with Crippen LogP contribution in [0.25, 0.3) is 0 Å². The van der Waals surface area contributed by atoms with Gasteiger partial charge in [-0.25, -0.2) is 4.98 Å². The minimum Gasteiger partial charge on any atom is -0.317 e. The van der Waals surface area contributed by atoms with Crippen molar-refractivity contribution in [2.45, 2.75) is 51.7 Å². The third-order valence-electron chi connectivity index (χ3n) is 5.18. The first-order chi connectivity index (χ1) is 12.1. The van der Waals surface area contributed by atoms with E-state index in [1.54, 1.807) is 0 Å². The molecule has 2 unspecified atom stereocenters. The van der Waals surface area contributed by atoms with E-state index >= 15 is 0 Å². The molecule has 25 heavy (non-hydrogen) atoms. The number of imidazole rings is 1. The van der Waals surface area contributed by atoms with Gasteiger partial charge in [-0.3, -0.25) is 4.90 Å². The molecule has 0 bridgehead atoms. The van der Waals surface area contributed by atoms with E-state index in [4.69, 9.17) is 0 Å². The summed E-state index contributed by atoms with van der Waals surface area (Å²) in [5.41, 5.74) is 1.21. The highest BCUT2D eigenvalue weighted by atomic mass is 15.4. The first-order valence-electron chi connectivity index (χ1n) is 9.79. The second-order valence-electron chi connectivity index (χ2n) is 7.51. The van der Waals surface area contributed by atoms with Crippen LogP contribution in [0, 0.1) is 5.92 Å². The van der Waals surface area contributed by atoms with Crippen molar-refractivity contribution in [3.63, 3.8) is 0 Å². The normalized spacial score (nSPS) is 23.2. The summed E-state index contributed by atoms with van der Waals surface area (Å²) in [5, 5.41) is 3.21. The number of hydrogen-bond acceptors (Lipinski definition) is 4. The Morgan fingerprint density at radius 2 is 2.08 bits per heavy atom. The highest BCUT2D eigenvalue weighted by Gasteiger charge is 2.58. The molecule has 1 aromatic rings. The Morgan fingerprint density at radius 1 is 1.32 bits per heavy atom. The number of aromatic nitrogens is 2. The molecule has 1 aliphatic carbocycles. The molecule has 0 amide bonds. The third kappa shape index (κ3) is 4.93. The molecule has 2 atom stereocenters. The van der Waals surface area contributed by atoms with Crippen molar-refractivity contribution in [3.8, 4) is 0 Å². The molecule has 1 heterocycles. The van der Waals surface area contributed by atoms with Crippen molar-refractivity contribution < 1.29 is 0 Å². The average Bonchev–Trinajstić information content (AvgIpc) is 3.09. The van der Waals surface area contributed by atoms with Crippen LogP contribution in [0.15, 0.2) is 24.7 Å². The summed E-state index contributed by atoms with van der Waals surface area (Å²) in [6.45, 7) is 8.69. The largest absolute Gasteiger partial charge is 0.317 e. The topological polar surface area (TPSA) is 36.3 Å². The summed E-state index contributed by atoms with van der Waals surface area (Å²) in [7, 11) is 6.29. The Bertz CT molecular complexity index is 536. The lowest BCUT2D eigenvalue weighted by Gasteiger charge is -2.34. The van der Waals surface area contributed by atoms with E-state index in [0.29, 0.717) is 5.92 Å². The number of unbranched alkanes of at least 4 members (excludes halogenated alkanes) is 1. The molecule has 2 rings (SSSR count). The zero-order chi connectivity index (χ0) is 18.3. The molecule has 0 spiro atoms. The number of allylic oxidation sites excluding steroid dienone is 1. The summed E-state index contributed by atoms with van der Waals surface area (Å²) in [6.07, 6.45) is 13.8. The maximum atomic E-state index is 4.62. The van der Waals surface area contributed by atoms with E-state index in [0.717, 1.165) is 31.9 Å². The Kier molecular flexibility index (Phi) is 7.66. The van der Waals surface area contributed by atoms with Gasteiger partial charge in [-0.2, -0.15) is 0 Å². The van der Waals surface area contributed by atoms with Crippen LogP contribution in [0.1, 0.15) is 45.2 Å². The highest BCUT2D eigenvalue weighted by Crippen LogP contribution is 2.54. The summed E-state index contributed by atoms with van der Waals surface area (Å²) >= 11 is 0. The zero-order valence-corrected chi connectivity index (χ0v) is 16.8. The molecule has 1 fully saturated rings. The van der Waals surface area contributed by atoms with Crippen LogP contribution in [0.5, 0.6) is 0 Å². The summed E-state index contributed by atoms with van der Waals surface area (Å²) in [6, 6.07) is 0. The summed E-state index contributed by atoms with van der Waals surface area (Å²) in [5.74, 6) is 0.588. The molecule has 0 aromatic carbocycles. The minimum absolute atomic E-state index is 0.0903. The van der Waals surface area contributed by atoms with Gasteiger partial charge in [0, 0.05) is 31.7 Å². The quantitative estimate of drug-likeness (QED) is 0.590. The van der Waals surface area contributed by atoms with E-state index in [1.807, 2.05) is 13.4 Å². The molecule has 0 saturated heterocycles. The standard InChI is InChI=1S/C20H37N5/c1-6-8-12-24(13-9-11-23(4)5)20(14-18(20)10-7-2)25-16-19(15-21-3)22-17-25/h7,10,16-18,21H,6,8-9,11-15H2,1-5H3/b10-7-. The van der Waals surface area contributed by atoms with Gasteiger partial charge in [-0.15, -0.1) is 0 Å². The van der Waals surface area contributed by atoms with Gasteiger partial charge in [0.15, 0.2) is 0 Å². The summed E-state index contributed by atoms with van der Waals surface area (Å²) in [4.78, 5) is 9.62. The first kappa shape index (κ1) is 20.1. The Labute approximate surface area is 154 Å². The van der Waals surface area contributed by atoms with E-state index < -0.39 is 0 Å². The van der Waals surface area contributed by atoms with Gasteiger partial charge in [-0.05, 0) is 53.9 Å². The molecule has 142 valence electrons. The maximum Gasteiger partial charge on any atom is 0.106 e. The lowest BCUT2D eigenvalue weighted by Crippen LogP contribution is -2.43. The second kappa shape index (κ2) is 9.51. The van der Waals surface area contributed by atoms with Crippen LogP contribution >= 0.6 is 0 Å². The maximum absolute atomic E-state index is 4.62. The van der Waals surface area contributed by atoms with Crippen LogP contribution in [0.4, 0.5) is 0 Å². The van der Waals surface area contributed by atoms with Crippen molar-refractivity contribution in [1.82, 2.24) is 24.7 Å². The fourth-order valence-electron chi connectivity index (χ4n) is 3.82. The van der Waals surface area contributed by atoms with Gasteiger partial charge in [0.25, 0.3) is 0 Å². The fourth-order valence-corrected chi connectivity index (χ4v) is 3.82. The first-order valence-corrected chi connectivity index (χ1v) is 9.79. The van der Waals surface area contributed by atoms with Gasteiger partial charge in [-0.1, -0.05) is 25.5 Å². The SMILES string of the molecule is C/C=C\C1CC1(N(CCCC)CCCN(C)C)n1cnc(CNC)c1. The number of nitrogens with one attached hydrogen (secondary N) is 1. The smallest absolute Gasteiger partial charge is 0.106 e. The van der Waals surface area contributed by atoms with Gasteiger partial charge in [0.1, 0.15) is 5.66 Å². The van der Waals surface area contributed by atoms with Crippen molar-refractivity contribution >= 4 is 0 Å². The molecule has 5 nitrogen and oxygen atoms in total. The monoisotopic (exact) mass is 347 g/mol. The molecular formula is C20H37N5. The zero-order valence-electron chi connectivity index (χ0n) is 16.8. The van der Waals surface area contributed by atoms with Gasteiger partial charge >= 0.3 is 0 Å². The van der Waals surface area contributed by atoms with Crippen LogP contribution in [0.3, 0.4) is 0 Å². The van der Waals surface area contributed by atoms with Crippen molar-refractivity contribution in [1.29, 1.82) is 0 Å². The van der Waals surface area contributed by atoms with E-state index in [9.17, 15) is 0 Å². The van der Waals surface area contributed by atoms with Gasteiger partial charge in [0.2, 0.25) is 0 Å². The molecule has 0 aliphatic heterocycles. The second-order valence-corrected chi connectivity index (χ2v) is 7.51. The van der Waals surface area contributed by atoms with E-state index in [1.165, 1.54) is 25.7 Å². The summed E-state index contributed by atoms with van der Waals surface area (Å²) < 4.78 is 2.38. The number of hydrogen-bond donors (Lipinski definition) is 1. The molecular weight excluding hydrogens is 310 g/mol. The van der Waals surface area contributed by atoms with Gasteiger partial charge < -0.3 is 14.8 Å². The van der Waals surface area contributed by atoms with E-state index in [-0.39, 0.29) is 5.66 Å². The molecule has 5 heteroatoms. The van der Waals surface area contributed by atoms with Crippen LogP contribution in [-0.4, -0.2) is 60.1 Å². The minimum atomic E-state index is 0.0903. The molecule has 0 radical (unpaired) electrons. The molecule has 1 N–H and O–H groups in total. The lowest BCUT2D eigenvalue weighted by atomic mass is 10.2. The number of nitrogens with zero attached hydrogens (tertiary/aromatic N) is 4. The van der Waals surface area contributed by atoms with Gasteiger partial charge in [0.05, 0.1) is 12.0 Å². The Morgan fingerprint density at radius 3 is 2.72 bits per heavy atom. The van der Waals surface area contributed by atoms with Crippen molar-refractivity contribution in [3.05, 3.63) is 30.4 Å². The molecule has 1 saturated carbocycles. The fraction of sp³-hybridized carbons (Fsp3) is 0.750. The Balaban J connectivity index is 2.21. The molecule has 1 aromatic heterocycles. The van der Waals surface area contributed by atoms with E-state index in [2.05, 4.69) is 71.0 Å². The predicted octanol–water partition coefficient (Wildman–Crippen LogP) is 2.91. The van der Waals surface area contributed by atoms with Crippen LogP contribution in [0.2, 0.25) is 0 Å². The average molecular weight is 348 g/mol. The predicted molar refractivity (Wildman–Crippen MR) is 106 cm³/mol. The molecule has 1 aliphatic rings. The van der Waals surface area contributed by atoms with Crippen molar-refractivity contribution in [2.24, 2.45) is 5.92 Å². The lowest BCUT2D eigenvalue weighted by molar-refractivity contribution is 0.0973. The highest BCUT2D eigenvalue weighted by molar-refractivity contribution is 5.17. The number of rotatable bonds is 12. The van der Waals surface area contributed by atoms with Crippen molar-refractivity contribution in [2.75, 3.05) is 40.8 Å². The van der Waals surface area contributed by atoms with Crippen LogP contribution in [-0.2, 0) is 12.2 Å².